The molecule has 0 bridgehead atoms. The number of benzene rings is 1. The van der Waals surface area contributed by atoms with Crippen molar-refractivity contribution in [3.05, 3.63) is 46.4 Å². The number of aromatic nitrogens is 4. The minimum Gasteiger partial charge on any atom is -0.336 e. The Labute approximate surface area is 131 Å². The highest BCUT2D eigenvalue weighted by atomic mass is 35.5. The molecule has 5 nitrogen and oxygen atoms in total. The van der Waals surface area contributed by atoms with Crippen molar-refractivity contribution in [2.24, 2.45) is 0 Å². The average molecular weight is 320 g/mol. The maximum atomic E-state index is 6.31. The van der Waals surface area contributed by atoms with Crippen LogP contribution in [0.25, 0.3) is 10.9 Å². The molecule has 1 aromatic carbocycles. The quantitative estimate of drug-likeness (QED) is 0.456. The van der Waals surface area contributed by atoms with E-state index in [0.717, 1.165) is 22.0 Å². The number of nitrogens with two attached hydrogens (primary N) is 1. The fraction of sp³-hybridized carbons (Fsp3) is 0.214. The summed E-state index contributed by atoms with van der Waals surface area (Å²) in [4.78, 5) is 4.54. The van der Waals surface area contributed by atoms with Crippen molar-refractivity contribution in [3.8, 4) is 0 Å². The van der Waals surface area contributed by atoms with Gasteiger partial charge in [-0.2, -0.15) is 0 Å². The van der Waals surface area contributed by atoms with Crippen molar-refractivity contribution in [2.45, 2.75) is 24.8 Å². The molecule has 21 heavy (non-hydrogen) atoms. The lowest BCUT2D eigenvalue weighted by Crippen LogP contribution is -2.07. The van der Waals surface area contributed by atoms with E-state index in [2.05, 4.69) is 47.2 Å². The van der Waals surface area contributed by atoms with Crippen LogP contribution in [0.5, 0.6) is 0 Å². The number of rotatable bonds is 3. The summed E-state index contributed by atoms with van der Waals surface area (Å²) in [5.74, 6) is 6.34. The van der Waals surface area contributed by atoms with Gasteiger partial charge in [-0.1, -0.05) is 35.5 Å². The lowest BCUT2D eigenvalue weighted by molar-refractivity contribution is 0.846. The van der Waals surface area contributed by atoms with Crippen LogP contribution in [0.1, 0.15) is 16.7 Å². The molecule has 2 aromatic heterocycles. The number of nitrogens with zero attached hydrogens (tertiary/aromatic N) is 4. The van der Waals surface area contributed by atoms with Gasteiger partial charge >= 0.3 is 0 Å². The second-order valence-electron chi connectivity index (χ2n) is 4.83. The summed E-state index contributed by atoms with van der Waals surface area (Å²) in [6.07, 6.45) is 1.47. The molecule has 0 radical (unpaired) electrons. The molecular formula is C14H14ClN5S. The van der Waals surface area contributed by atoms with Crippen molar-refractivity contribution < 1.29 is 0 Å². The standard InChI is InChI=1S/C14H14ClN5S/c1-8-3-4-10-5-11(13(15)18-12(10)9(8)2)6-21-14-19-17-7-20(14)16/h3-5,7H,6,16H2,1-2H3. The van der Waals surface area contributed by atoms with Gasteiger partial charge in [-0.15, -0.1) is 10.2 Å². The minimum atomic E-state index is 0.520. The smallest absolute Gasteiger partial charge is 0.209 e. The van der Waals surface area contributed by atoms with Crippen LogP contribution in [0, 0.1) is 13.8 Å². The van der Waals surface area contributed by atoms with Crippen LogP contribution in [0.3, 0.4) is 0 Å². The molecule has 0 spiro atoms. The Balaban J connectivity index is 1.94. The molecule has 0 aliphatic heterocycles. The molecule has 7 heteroatoms. The van der Waals surface area contributed by atoms with Crippen LogP contribution >= 0.6 is 23.4 Å². The molecule has 2 heterocycles. The zero-order valence-electron chi connectivity index (χ0n) is 11.7. The summed E-state index contributed by atoms with van der Waals surface area (Å²) in [6.45, 7) is 4.13. The number of pyridine rings is 1. The normalized spacial score (nSPS) is 11.2. The van der Waals surface area contributed by atoms with Gasteiger partial charge in [0.05, 0.1) is 5.52 Å². The zero-order chi connectivity index (χ0) is 15.0. The predicted octanol–water partition coefficient (Wildman–Crippen LogP) is 3.10. The first-order valence-corrected chi connectivity index (χ1v) is 7.76. The minimum absolute atomic E-state index is 0.520. The van der Waals surface area contributed by atoms with Crippen LogP contribution in [0.15, 0.2) is 29.7 Å². The highest BCUT2D eigenvalue weighted by molar-refractivity contribution is 7.98. The molecule has 0 fully saturated rings. The van der Waals surface area contributed by atoms with Gasteiger partial charge in [-0.05, 0) is 31.0 Å². The second-order valence-corrected chi connectivity index (χ2v) is 6.13. The predicted molar refractivity (Wildman–Crippen MR) is 86.0 cm³/mol. The Morgan fingerprint density at radius 3 is 2.86 bits per heavy atom. The molecule has 0 unspecified atom stereocenters. The van der Waals surface area contributed by atoms with E-state index in [9.17, 15) is 0 Å². The van der Waals surface area contributed by atoms with Gasteiger partial charge in [0.2, 0.25) is 5.16 Å². The van der Waals surface area contributed by atoms with Crippen LogP contribution in [0.4, 0.5) is 0 Å². The summed E-state index contributed by atoms with van der Waals surface area (Å²) < 4.78 is 1.39. The second kappa shape index (κ2) is 5.54. The van der Waals surface area contributed by atoms with Crippen molar-refractivity contribution in [3.63, 3.8) is 0 Å². The number of aryl methyl sites for hydroxylation is 2. The molecule has 0 aliphatic rings. The van der Waals surface area contributed by atoms with Gasteiger partial charge in [-0.25, -0.2) is 9.66 Å². The maximum absolute atomic E-state index is 6.31. The van der Waals surface area contributed by atoms with E-state index in [1.165, 1.54) is 28.3 Å². The number of hydrogen-bond acceptors (Lipinski definition) is 5. The molecule has 0 aliphatic carbocycles. The Hall–Kier alpha value is -1.79. The lowest BCUT2D eigenvalue weighted by Gasteiger charge is -2.09. The topological polar surface area (TPSA) is 69.6 Å². The van der Waals surface area contributed by atoms with Crippen LogP contribution in [-0.4, -0.2) is 19.9 Å². The van der Waals surface area contributed by atoms with E-state index in [1.54, 1.807) is 0 Å². The fourth-order valence-electron chi connectivity index (χ4n) is 2.08. The maximum Gasteiger partial charge on any atom is 0.209 e. The molecule has 0 saturated heterocycles. The highest BCUT2D eigenvalue weighted by Crippen LogP contribution is 2.28. The van der Waals surface area contributed by atoms with Crippen LogP contribution in [-0.2, 0) is 5.75 Å². The van der Waals surface area contributed by atoms with Crippen LogP contribution < -0.4 is 5.84 Å². The lowest BCUT2D eigenvalue weighted by atomic mass is 10.0. The summed E-state index contributed by atoms with van der Waals surface area (Å²) >= 11 is 7.79. The van der Waals surface area contributed by atoms with Gasteiger partial charge in [0, 0.05) is 16.7 Å². The summed E-state index contributed by atoms with van der Waals surface area (Å²) in [5.41, 5.74) is 4.29. The first-order chi connectivity index (χ1) is 10.1. The molecule has 0 saturated carbocycles. The molecular weight excluding hydrogens is 306 g/mol. The summed E-state index contributed by atoms with van der Waals surface area (Å²) in [6, 6.07) is 6.24. The third kappa shape index (κ3) is 2.69. The Bertz CT molecular complexity index is 814. The molecule has 108 valence electrons. The van der Waals surface area contributed by atoms with E-state index >= 15 is 0 Å². The number of thioether (sulfide) groups is 1. The average Bonchev–Trinajstić information content (AvgIpc) is 2.87. The van der Waals surface area contributed by atoms with Gasteiger partial charge in [0.15, 0.2) is 0 Å². The number of nitrogen functional groups attached to an aromatic ring is 1. The fourth-order valence-corrected chi connectivity index (χ4v) is 3.17. The van der Waals surface area contributed by atoms with E-state index < -0.39 is 0 Å². The Morgan fingerprint density at radius 2 is 2.14 bits per heavy atom. The first-order valence-electron chi connectivity index (χ1n) is 6.39. The van der Waals surface area contributed by atoms with Gasteiger partial charge in [-0.3, -0.25) is 0 Å². The van der Waals surface area contributed by atoms with E-state index in [0.29, 0.717) is 16.1 Å². The highest BCUT2D eigenvalue weighted by Gasteiger charge is 2.10. The Kier molecular flexibility index (Phi) is 3.73. The number of halogens is 1. The largest absolute Gasteiger partial charge is 0.336 e. The van der Waals surface area contributed by atoms with Crippen molar-refractivity contribution in [1.82, 2.24) is 19.9 Å². The zero-order valence-corrected chi connectivity index (χ0v) is 13.2. The van der Waals surface area contributed by atoms with E-state index in [1.807, 2.05) is 0 Å². The first kappa shape index (κ1) is 14.2. The van der Waals surface area contributed by atoms with Crippen molar-refractivity contribution >= 4 is 34.3 Å². The van der Waals surface area contributed by atoms with Gasteiger partial charge in [0.1, 0.15) is 11.5 Å². The summed E-state index contributed by atoms with van der Waals surface area (Å²) in [7, 11) is 0. The SMILES string of the molecule is Cc1ccc2cc(CSc3nncn3N)c(Cl)nc2c1C. The van der Waals surface area contributed by atoms with Crippen LogP contribution in [0.2, 0.25) is 5.15 Å². The molecule has 2 N–H and O–H groups in total. The monoisotopic (exact) mass is 319 g/mol. The van der Waals surface area contributed by atoms with E-state index in [-0.39, 0.29) is 0 Å². The molecule has 3 rings (SSSR count). The number of fused-ring (bicyclic) bond motifs is 1. The van der Waals surface area contributed by atoms with Crippen molar-refractivity contribution in [2.75, 3.05) is 5.84 Å². The van der Waals surface area contributed by atoms with Gasteiger partial charge in [0.25, 0.3) is 0 Å². The molecule has 3 aromatic rings. The van der Waals surface area contributed by atoms with E-state index in [4.69, 9.17) is 17.4 Å². The third-order valence-electron chi connectivity index (χ3n) is 3.43. The molecule has 0 atom stereocenters. The van der Waals surface area contributed by atoms with Crippen molar-refractivity contribution in [1.29, 1.82) is 0 Å². The Morgan fingerprint density at radius 1 is 1.33 bits per heavy atom. The number of hydrogen-bond donors (Lipinski definition) is 1. The molecule has 0 amide bonds. The third-order valence-corrected chi connectivity index (χ3v) is 4.77. The van der Waals surface area contributed by atoms with Gasteiger partial charge < -0.3 is 5.84 Å². The summed E-state index contributed by atoms with van der Waals surface area (Å²) in [5, 5.41) is 9.94.